The summed E-state index contributed by atoms with van der Waals surface area (Å²) in [5.41, 5.74) is 0.356. The standard InChI is InChI=1S/C21H24ClN3O5S/c1-30-16-6-8-17(9-7-16)31(28,29)25-14-12-24(13-15-25)20(26)10-11-23-21(27)18-4-2-3-5-19(18)22/h2-9H,10-15H2,1H3,(H,23,27). The molecule has 1 heterocycles. The first-order valence-electron chi connectivity index (χ1n) is 9.77. The Morgan fingerprint density at radius 1 is 1.03 bits per heavy atom. The van der Waals surface area contributed by atoms with Gasteiger partial charge in [0.1, 0.15) is 5.75 Å². The third-order valence-corrected chi connectivity index (χ3v) is 7.27. The average molecular weight is 466 g/mol. The number of hydrogen-bond donors (Lipinski definition) is 1. The number of halogens is 1. The van der Waals surface area contributed by atoms with Crippen LogP contribution in [0.2, 0.25) is 5.02 Å². The summed E-state index contributed by atoms with van der Waals surface area (Å²) < 4.78 is 32.0. The summed E-state index contributed by atoms with van der Waals surface area (Å²) in [6, 6.07) is 12.9. The Morgan fingerprint density at radius 2 is 1.68 bits per heavy atom. The van der Waals surface area contributed by atoms with E-state index in [2.05, 4.69) is 5.32 Å². The molecule has 0 unspecified atom stereocenters. The van der Waals surface area contributed by atoms with Crippen molar-refractivity contribution in [2.45, 2.75) is 11.3 Å². The quantitative estimate of drug-likeness (QED) is 0.674. The second kappa shape index (κ2) is 10.1. The lowest BCUT2D eigenvalue weighted by Crippen LogP contribution is -2.50. The van der Waals surface area contributed by atoms with Crippen LogP contribution in [-0.4, -0.2) is 69.3 Å². The molecular formula is C21H24ClN3O5S. The number of methoxy groups -OCH3 is 1. The highest BCUT2D eigenvalue weighted by Gasteiger charge is 2.30. The summed E-state index contributed by atoms with van der Waals surface area (Å²) in [4.78, 5) is 26.4. The first kappa shape index (κ1) is 23.1. The molecule has 1 N–H and O–H groups in total. The number of rotatable bonds is 7. The van der Waals surface area contributed by atoms with E-state index in [4.69, 9.17) is 16.3 Å². The Balaban J connectivity index is 1.48. The fourth-order valence-electron chi connectivity index (χ4n) is 3.26. The van der Waals surface area contributed by atoms with Crippen LogP contribution in [0, 0.1) is 0 Å². The number of carbonyl (C=O) groups is 2. The Bertz CT molecular complexity index is 1040. The lowest BCUT2D eigenvalue weighted by atomic mass is 10.2. The minimum Gasteiger partial charge on any atom is -0.497 e. The van der Waals surface area contributed by atoms with Gasteiger partial charge in [0.2, 0.25) is 15.9 Å². The molecule has 1 aliphatic heterocycles. The second-order valence-corrected chi connectivity index (χ2v) is 9.29. The Hall–Kier alpha value is -2.62. The molecule has 2 aromatic rings. The summed E-state index contributed by atoms with van der Waals surface area (Å²) in [6.45, 7) is 1.20. The largest absolute Gasteiger partial charge is 0.497 e. The van der Waals surface area contributed by atoms with Crippen LogP contribution < -0.4 is 10.1 Å². The van der Waals surface area contributed by atoms with Crippen molar-refractivity contribution in [2.75, 3.05) is 39.8 Å². The second-order valence-electron chi connectivity index (χ2n) is 6.95. The average Bonchev–Trinajstić information content (AvgIpc) is 2.79. The van der Waals surface area contributed by atoms with Gasteiger partial charge in [0.15, 0.2) is 0 Å². The Labute approximate surface area is 186 Å². The van der Waals surface area contributed by atoms with E-state index >= 15 is 0 Å². The summed E-state index contributed by atoms with van der Waals surface area (Å²) in [5.74, 6) is 0.103. The summed E-state index contributed by atoms with van der Waals surface area (Å²) >= 11 is 6.00. The third kappa shape index (κ3) is 5.55. The minimum absolute atomic E-state index is 0.126. The molecule has 2 aromatic carbocycles. The number of sulfonamides is 1. The molecule has 0 spiro atoms. The summed E-state index contributed by atoms with van der Waals surface area (Å²) in [5, 5.41) is 3.03. The zero-order valence-corrected chi connectivity index (χ0v) is 18.7. The number of hydrogen-bond acceptors (Lipinski definition) is 5. The van der Waals surface area contributed by atoms with Crippen molar-refractivity contribution < 1.29 is 22.7 Å². The first-order valence-corrected chi connectivity index (χ1v) is 11.6. The van der Waals surface area contributed by atoms with Crippen LogP contribution in [0.3, 0.4) is 0 Å². The molecule has 8 nitrogen and oxygen atoms in total. The van der Waals surface area contributed by atoms with Gasteiger partial charge >= 0.3 is 0 Å². The molecule has 166 valence electrons. The van der Waals surface area contributed by atoms with E-state index in [1.54, 1.807) is 41.3 Å². The van der Waals surface area contributed by atoms with Crippen LogP contribution in [0.5, 0.6) is 5.75 Å². The SMILES string of the molecule is COc1ccc(S(=O)(=O)N2CCN(C(=O)CCNC(=O)c3ccccc3Cl)CC2)cc1. The van der Waals surface area contributed by atoms with Crippen LogP contribution in [0.15, 0.2) is 53.4 Å². The predicted octanol–water partition coefficient (Wildman–Crippen LogP) is 2.00. The number of nitrogens with one attached hydrogen (secondary N) is 1. The molecule has 1 fully saturated rings. The predicted molar refractivity (Wildman–Crippen MR) is 117 cm³/mol. The number of benzene rings is 2. The number of piperazine rings is 1. The lowest BCUT2D eigenvalue weighted by molar-refractivity contribution is -0.132. The van der Waals surface area contributed by atoms with Gasteiger partial charge in [-0.15, -0.1) is 0 Å². The molecule has 0 aromatic heterocycles. The zero-order chi connectivity index (χ0) is 22.4. The van der Waals surface area contributed by atoms with Gasteiger partial charge in [0.05, 0.1) is 22.6 Å². The molecule has 0 atom stereocenters. The normalized spacial score (nSPS) is 14.8. The van der Waals surface area contributed by atoms with Gasteiger partial charge in [-0.2, -0.15) is 4.31 Å². The first-order chi connectivity index (χ1) is 14.8. The Kier molecular flexibility index (Phi) is 7.53. The maximum atomic E-state index is 12.8. The van der Waals surface area contributed by atoms with E-state index in [1.807, 2.05) is 0 Å². The fourth-order valence-corrected chi connectivity index (χ4v) is 4.90. The van der Waals surface area contributed by atoms with Crippen LogP contribution in [0.25, 0.3) is 0 Å². The molecule has 3 rings (SSSR count). The molecule has 10 heteroatoms. The van der Waals surface area contributed by atoms with Crippen molar-refractivity contribution in [3.05, 3.63) is 59.1 Å². The maximum Gasteiger partial charge on any atom is 0.252 e. The van der Waals surface area contributed by atoms with Crippen molar-refractivity contribution in [3.8, 4) is 5.75 Å². The number of carbonyl (C=O) groups excluding carboxylic acids is 2. The van der Waals surface area contributed by atoms with Crippen LogP contribution in [0.1, 0.15) is 16.8 Å². The molecule has 0 saturated carbocycles. The van der Waals surface area contributed by atoms with Gasteiger partial charge in [0.25, 0.3) is 5.91 Å². The number of amides is 2. The number of ether oxygens (including phenoxy) is 1. The summed E-state index contributed by atoms with van der Waals surface area (Å²) in [7, 11) is -2.11. The summed E-state index contributed by atoms with van der Waals surface area (Å²) in [6.07, 6.45) is 0.126. The zero-order valence-electron chi connectivity index (χ0n) is 17.1. The highest BCUT2D eigenvalue weighted by Crippen LogP contribution is 2.21. The van der Waals surface area contributed by atoms with Gasteiger partial charge in [-0.3, -0.25) is 9.59 Å². The Morgan fingerprint density at radius 3 is 2.29 bits per heavy atom. The molecule has 1 saturated heterocycles. The highest BCUT2D eigenvalue weighted by atomic mass is 35.5. The molecule has 0 bridgehead atoms. The van der Waals surface area contributed by atoms with Gasteiger partial charge in [-0.1, -0.05) is 23.7 Å². The van der Waals surface area contributed by atoms with E-state index in [0.29, 0.717) is 29.4 Å². The van der Waals surface area contributed by atoms with Crippen LogP contribution in [-0.2, 0) is 14.8 Å². The highest BCUT2D eigenvalue weighted by molar-refractivity contribution is 7.89. The van der Waals surface area contributed by atoms with E-state index in [9.17, 15) is 18.0 Å². The molecule has 0 aliphatic carbocycles. The molecule has 2 amide bonds. The monoisotopic (exact) mass is 465 g/mol. The molecule has 0 radical (unpaired) electrons. The third-order valence-electron chi connectivity index (χ3n) is 5.03. The van der Waals surface area contributed by atoms with Gasteiger partial charge in [-0.05, 0) is 36.4 Å². The van der Waals surface area contributed by atoms with E-state index in [-0.39, 0.29) is 42.8 Å². The van der Waals surface area contributed by atoms with Gasteiger partial charge in [-0.25, -0.2) is 8.42 Å². The molecule has 1 aliphatic rings. The minimum atomic E-state index is -3.63. The van der Waals surface area contributed by atoms with Crippen LogP contribution in [0.4, 0.5) is 0 Å². The topological polar surface area (TPSA) is 96.0 Å². The van der Waals surface area contributed by atoms with Crippen molar-refractivity contribution in [1.82, 2.24) is 14.5 Å². The van der Waals surface area contributed by atoms with E-state index in [0.717, 1.165) is 0 Å². The van der Waals surface area contributed by atoms with Crippen LogP contribution >= 0.6 is 11.6 Å². The smallest absolute Gasteiger partial charge is 0.252 e. The molecular weight excluding hydrogens is 442 g/mol. The number of nitrogens with zero attached hydrogens (tertiary/aromatic N) is 2. The van der Waals surface area contributed by atoms with E-state index in [1.165, 1.54) is 23.5 Å². The fraction of sp³-hybridized carbons (Fsp3) is 0.333. The van der Waals surface area contributed by atoms with Crippen molar-refractivity contribution in [2.24, 2.45) is 0 Å². The van der Waals surface area contributed by atoms with Crippen molar-refractivity contribution in [3.63, 3.8) is 0 Å². The van der Waals surface area contributed by atoms with E-state index < -0.39 is 10.0 Å². The molecule has 31 heavy (non-hydrogen) atoms. The van der Waals surface area contributed by atoms with Gasteiger partial charge < -0.3 is 15.0 Å². The van der Waals surface area contributed by atoms with Crippen molar-refractivity contribution >= 4 is 33.4 Å². The van der Waals surface area contributed by atoms with Crippen molar-refractivity contribution in [1.29, 1.82) is 0 Å². The van der Waals surface area contributed by atoms with Gasteiger partial charge in [0, 0.05) is 39.1 Å². The lowest BCUT2D eigenvalue weighted by Gasteiger charge is -2.34. The maximum absolute atomic E-state index is 12.8.